The number of nitrogens with zero attached hydrogens (tertiary/aromatic N) is 2. The summed E-state index contributed by atoms with van der Waals surface area (Å²) in [6.07, 6.45) is 5.99. The minimum atomic E-state index is -1.07. The molecule has 0 amide bonds. The summed E-state index contributed by atoms with van der Waals surface area (Å²) in [5.74, 6) is 0. The molecule has 1 unspecified atom stereocenters. The summed E-state index contributed by atoms with van der Waals surface area (Å²) in [7, 11) is -1.07. The Bertz CT molecular complexity index is 1850. The molecule has 1 atom stereocenters. The van der Waals surface area contributed by atoms with E-state index in [9.17, 15) is 0 Å². The molecule has 5 aromatic carbocycles. The van der Waals surface area contributed by atoms with Crippen LogP contribution in [-0.4, -0.2) is 0 Å². The van der Waals surface area contributed by atoms with Gasteiger partial charge in [-0.2, -0.15) is 0 Å². The van der Waals surface area contributed by atoms with Crippen molar-refractivity contribution in [1.29, 1.82) is 0 Å². The molecular formula is C39H33N2P. The normalized spacial score (nSPS) is 16.5. The average molecular weight is 561 g/mol. The molecule has 0 radical (unpaired) electrons. The van der Waals surface area contributed by atoms with E-state index in [1.807, 2.05) is 12.2 Å². The summed E-state index contributed by atoms with van der Waals surface area (Å²) < 4.78 is 5.06. The van der Waals surface area contributed by atoms with Crippen molar-refractivity contribution in [3.05, 3.63) is 169 Å². The summed E-state index contributed by atoms with van der Waals surface area (Å²) in [4.78, 5) is 0. The van der Waals surface area contributed by atoms with Crippen LogP contribution in [0.4, 0.5) is 22.7 Å². The van der Waals surface area contributed by atoms with Crippen molar-refractivity contribution in [1.82, 2.24) is 0 Å². The molecule has 204 valence electrons. The molecule has 0 N–H and O–H groups in total. The van der Waals surface area contributed by atoms with Crippen molar-refractivity contribution in [2.24, 2.45) is 0 Å². The molecule has 1 heterocycles. The fourth-order valence-electron chi connectivity index (χ4n) is 6.50. The van der Waals surface area contributed by atoms with E-state index in [1.54, 1.807) is 0 Å². The second kappa shape index (κ2) is 10.3. The monoisotopic (exact) mass is 560 g/mol. The molecule has 0 fully saturated rings. The maximum atomic E-state index is 4.28. The summed E-state index contributed by atoms with van der Waals surface area (Å²) >= 11 is 0. The van der Waals surface area contributed by atoms with Crippen molar-refractivity contribution in [3.63, 3.8) is 0 Å². The Morgan fingerprint density at radius 1 is 0.619 bits per heavy atom. The maximum Gasteiger partial charge on any atom is 0.138 e. The van der Waals surface area contributed by atoms with Crippen LogP contribution < -0.4 is 9.34 Å². The van der Waals surface area contributed by atoms with Crippen molar-refractivity contribution >= 4 is 31.0 Å². The number of fused-ring (bicyclic) bond motifs is 4. The highest BCUT2D eigenvalue weighted by Gasteiger charge is 2.44. The Morgan fingerprint density at radius 3 is 1.93 bits per heavy atom. The van der Waals surface area contributed by atoms with Crippen molar-refractivity contribution in [2.45, 2.75) is 19.3 Å². The molecule has 0 bridgehead atoms. The molecule has 0 spiro atoms. The van der Waals surface area contributed by atoms with E-state index in [0.29, 0.717) is 0 Å². The van der Waals surface area contributed by atoms with Gasteiger partial charge in [0.15, 0.2) is 0 Å². The van der Waals surface area contributed by atoms with Crippen LogP contribution in [0.15, 0.2) is 158 Å². The molecule has 42 heavy (non-hydrogen) atoms. The van der Waals surface area contributed by atoms with Gasteiger partial charge in [-0.3, -0.25) is 9.34 Å². The first-order chi connectivity index (χ1) is 20.5. The van der Waals surface area contributed by atoms with Gasteiger partial charge in [0.05, 0.1) is 17.1 Å². The molecule has 2 nitrogen and oxygen atoms in total. The highest BCUT2D eigenvalue weighted by Crippen LogP contribution is 2.70. The number of para-hydroxylation sites is 2. The zero-order valence-corrected chi connectivity index (χ0v) is 24.9. The van der Waals surface area contributed by atoms with Gasteiger partial charge in [0.1, 0.15) is 8.22 Å². The molecule has 1 aliphatic heterocycles. The third-order valence-corrected chi connectivity index (χ3v) is 10.9. The van der Waals surface area contributed by atoms with E-state index in [1.165, 1.54) is 50.4 Å². The van der Waals surface area contributed by atoms with E-state index in [0.717, 1.165) is 11.0 Å². The third kappa shape index (κ3) is 3.98. The minimum Gasteiger partial charge on any atom is -0.297 e. The molecule has 3 heteroatoms. The van der Waals surface area contributed by atoms with Gasteiger partial charge in [0.25, 0.3) is 0 Å². The number of allylic oxidation sites excluding steroid dienone is 4. The second-order valence-electron chi connectivity index (χ2n) is 11.2. The number of hydrogen-bond acceptors (Lipinski definition) is 2. The SMILES string of the molecule is C=C/C=C(\C=C)P1N(c2ccc(-c3ccccc3)cc2)c2ccccc2N1c1cccc2c1-c1ccccc1C2(C)C. The summed E-state index contributed by atoms with van der Waals surface area (Å²) in [6.45, 7) is 13.0. The standard InChI is InChI=1S/C39H33N2P/c1-5-15-31(6-2)42-40(30-26-24-29(25-27-30)28-16-8-7-9-17-28)35-21-12-13-22-36(35)41(42)37-23-14-20-34-38(37)32-18-10-11-19-33(32)39(34,3)4/h5-27H,1-2H2,3-4H3/b31-15+. The predicted octanol–water partition coefficient (Wildman–Crippen LogP) is 11.5. The molecule has 0 aromatic heterocycles. The zero-order valence-electron chi connectivity index (χ0n) is 24.0. The molecule has 1 aliphatic carbocycles. The van der Waals surface area contributed by atoms with Gasteiger partial charge >= 0.3 is 0 Å². The van der Waals surface area contributed by atoms with E-state index >= 15 is 0 Å². The first-order valence-electron chi connectivity index (χ1n) is 14.4. The van der Waals surface area contributed by atoms with Gasteiger partial charge in [-0.05, 0) is 58.1 Å². The second-order valence-corrected chi connectivity index (χ2v) is 13.1. The third-order valence-electron chi connectivity index (χ3n) is 8.48. The Labute approximate surface area is 250 Å². The number of anilines is 4. The van der Waals surface area contributed by atoms with Gasteiger partial charge in [-0.1, -0.05) is 136 Å². The summed E-state index contributed by atoms with van der Waals surface area (Å²) in [5, 5.41) is 1.14. The predicted molar refractivity (Wildman–Crippen MR) is 182 cm³/mol. The van der Waals surface area contributed by atoms with Crippen LogP contribution in [0.5, 0.6) is 0 Å². The van der Waals surface area contributed by atoms with E-state index in [-0.39, 0.29) is 5.41 Å². The molecule has 2 aliphatic rings. The van der Waals surface area contributed by atoms with Gasteiger partial charge in [-0.15, -0.1) is 0 Å². The number of hydrogen-bond donors (Lipinski definition) is 0. The Morgan fingerprint density at radius 2 is 1.21 bits per heavy atom. The largest absolute Gasteiger partial charge is 0.297 e. The Kier molecular flexibility index (Phi) is 6.45. The quantitative estimate of drug-likeness (QED) is 0.151. The lowest BCUT2D eigenvalue weighted by molar-refractivity contribution is 0.660. The Balaban J connectivity index is 1.45. The van der Waals surface area contributed by atoms with Gasteiger partial charge in [0.2, 0.25) is 0 Å². The first kappa shape index (κ1) is 26.3. The maximum absolute atomic E-state index is 4.28. The first-order valence-corrected chi connectivity index (χ1v) is 15.6. The van der Waals surface area contributed by atoms with Gasteiger partial charge < -0.3 is 0 Å². The van der Waals surface area contributed by atoms with Gasteiger partial charge in [0, 0.05) is 22.0 Å². The summed E-state index contributed by atoms with van der Waals surface area (Å²) in [6, 6.07) is 44.0. The molecule has 0 saturated carbocycles. The van der Waals surface area contributed by atoms with Crippen LogP contribution >= 0.6 is 8.22 Å². The molecular weight excluding hydrogens is 527 g/mol. The minimum absolute atomic E-state index is 0.0743. The van der Waals surface area contributed by atoms with E-state index < -0.39 is 8.22 Å². The zero-order chi connectivity index (χ0) is 28.8. The fraction of sp³-hybridized carbons (Fsp3) is 0.0769. The van der Waals surface area contributed by atoms with Crippen LogP contribution in [0.3, 0.4) is 0 Å². The summed E-state index contributed by atoms with van der Waals surface area (Å²) in [5.41, 5.74) is 12.5. The topological polar surface area (TPSA) is 6.48 Å². The molecule has 7 rings (SSSR count). The Hall–Kier alpha value is -4.65. The van der Waals surface area contributed by atoms with Crippen molar-refractivity contribution < 1.29 is 0 Å². The van der Waals surface area contributed by atoms with E-state index in [2.05, 4.69) is 164 Å². The highest BCUT2D eigenvalue weighted by atomic mass is 31.1. The fourth-order valence-corrected chi connectivity index (χ4v) is 9.01. The van der Waals surface area contributed by atoms with E-state index in [4.69, 9.17) is 0 Å². The van der Waals surface area contributed by atoms with Crippen LogP contribution in [0, 0.1) is 0 Å². The lowest BCUT2D eigenvalue weighted by atomic mass is 9.82. The van der Waals surface area contributed by atoms with Gasteiger partial charge in [-0.25, -0.2) is 0 Å². The van der Waals surface area contributed by atoms with Crippen LogP contribution in [-0.2, 0) is 5.41 Å². The lowest BCUT2D eigenvalue weighted by Crippen LogP contribution is -2.17. The number of rotatable bonds is 6. The molecule has 0 saturated heterocycles. The van der Waals surface area contributed by atoms with Crippen LogP contribution in [0.25, 0.3) is 22.3 Å². The molecule has 5 aromatic rings. The number of benzene rings is 5. The van der Waals surface area contributed by atoms with Crippen molar-refractivity contribution in [3.8, 4) is 22.3 Å². The average Bonchev–Trinajstić information content (AvgIpc) is 3.50. The highest BCUT2D eigenvalue weighted by molar-refractivity contribution is 7.67. The van der Waals surface area contributed by atoms with Crippen LogP contribution in [0.2, 0.25) is 0 Å². The van der Waals surface area contributed by atoms with Crippen LogP contribution in [0.1, 0.15) is 25.0 Å². The van der Waals surface area contributed by atoms with Crippen molar-refractivity contribution in [2.75, 3.05) is 9.34 Å². The lowest BCUT2D eigenvalue weighted by Gasteiger charge is -2.34. The smallest absolute Gasteiger partial charge is 0.138 e.